The van der Waals surface area contributed by atoms with Crippen LogP contribution in [-0.4, -0.2) is 46.0 Å². The highest BCUT2D eigenvalue weighted by atomic mass is 32.2. The van der Waals surface area contributed by atoms with Crippen molar-refractivity contribution in [2.24, 2.45) is 0 Å². The lowest BCUT2D eigenvalue weighted by molar-refractivity contribution is -0.139. The van der Waals surface area contributed by atoms with E-state index in [2.05, 4.69) is 15.6 Å². The standard InChI is InChI=1S/C17H20F3N3O4S2/c1-10-14(28-16(22-10)23-15(24)21-7-4-8-27-2)11-5-6-13(29(3,25)26)12(9-11)17(18,19)20/h5-6,9H,4,7-8H2,1-3H3,(H2,21,22,23,24). The van der Waals surface area contributed by atoms with Gasteiger partial charge in [-0.05, 0) is 31.0 Å². The third kappa shape index (κ3) is 6.15. The van der Waals surface area contributed by atoms with Gasteiger partial charge in [0.15, 0.2) is 15.0 Å². The number of hydrogen-bond donors (Lipinski definition) is 2. The minimum atomic E-state index is -4.84. The van der Waals surface area contributed by atoms with Crippen molar-refractivity contribution in [3.63, 3.8) is 0 Å². The second-order valence-electron chi connectivity index (χ2n) is 6.14. The lowest BCUT2D eigenvalue weighted by atomic mass is 10.1. The summed E-state index contributed by atoms with van der Waals surface area (Å²) < 4.78 is 68.4. The summed E-state index contributed by atoms with van der Waals surface area (Å²) in [5, 5.41) is 5.35. The molecule has 29 heavy (non-hydrogen) atoms. The van der Waals surface area contributed by atoms with Crippen LogP contribution in [0.1, 0.15) is 17.7 Å². The van der Waals surface area contributed by atoms with Gasteiger partial charge < -0.3 is 10.1 Å². The number of thiazole rings is 1. The number of nitrogens with zero attached hydrogens (tertiary/aromatic N) is 1. The lowest BCUT2D eigenvalue weighted by Crippen LogP contribution is -2.29. The van der Waals surface area contributed by atoms with Gasteiger partial charge >= 0.3 is 12.2 Å². The van der Waals surface area contributed by atoms with Crippen LogP contribution in [-0.2, 0) is 20.8 Å². The molecule has 7 nitrogen and oxygen atoms in total. The Labute approximate surface area is 170 Å². The van der Waals surface area contributed by atoms with Gasteiger partial charge in [-0.1, -0.05) is 17.4 Å². The van der Waals surface area contributed by atoms with E-state index in [1.807, 2.05) is 0 Å². The Morgan fingerprint density at radius 2 is 2.00 bits per heavy atom. The second kappa shape index (κ2) is 9.09. The van der Waals surface area contributed by atoms with Crippen molar-refractivity contribution in [2.75, 3.05) is 31.8 Å². The van der Waals surface area contributed by atoms with E-state index < -0.39 is 32.5 Å². The molecule has 2 aromatic rings. The van der Waals surface area contributed by atoms with Crippen LogP contribution < -0.4 is 10.6 Å². The maximum absolute atomic E-state index is 13.4. The van der Waals surface area contributed by atoms with Crippen LogP contribution in [0.3, 0.4) is 0 Å². The fourth-order valence-corrected chi connectivity index (χ4v) is 4.34. The summed E-state index contributed by atoms with van der Waals surface area (Å²) >= 11 is 0.993. The summed E-state index contributed by atoms with van der Waals surface area (Å²) in [6.45, 7) is 2.47. The number of halogens is 3. The number of sulfone groups is 1. The summed E-state index contributed by atoms with van der Waals surface area (Å²) in [5.41, 5.74) is -0.672. The number of rotatable bonds is 7. The molecule has 1 heterocycles. The van der Waals surface area contributed by atoms with Gasteiger partial charge in [-0.2, -0.15) is 13.2 Å². The zero-order valence-electron chi connectivity index (χ0n) is 15.9. The zero-order chi connectivity index (χ0) is 21.8. The summed E-state index contributed by atoms with van der Waals surface area (Å²) in [5.74, 6) is 0. The van der Waals surface area contributed by atoms with Crippen LogP contribution in [0.15, 0.2) is 23.1 Å². The molecule has 0 bridgehead atoms. The van der Waals surface area contributed by atoms with Crippen LogP contribution in [0.4, 0.5) is 23.1 Å². The third-order valence-electron chi connectivity index (χ3n) is 3.77. The molecule has 0 atom stereocenters. The molecule has 0 fully saturated rings. The van der Waals surface area contributed by atoms with E-state index in [0.29, 0.717) is 30.1 Å². The Morgan fingerprint density at radius 3 is 2.59 bits per heavy atom. The monoisotopic (exact) mass is 451 g/mol. The number of carbonyl (C=O) groups excluding carboxylic acids is 1. The van der Waals surface area contributed by atoms with E-state index in [4.69, 9.17) is 4.74 Å². The fourth-order valence-electron chi connectivity index (χ4n) is 2.49. The number of nitrogens with one attached hydrogen (secondary N) is 2. The smallest absolute Gasteiger partial charge is 0.385 e. The minimum absolute atomic E-state index is 0.160. The second-order valence-corrected chi connectivity index (χ2v) is 9.12. The molecule has 0 aliphatic heterocycles. The quantitative estimate of drug-likeness (QED) is 0.626. The molecule has 0 unspecified atom stereocenters. The molecule has 1 aromatic heterocycles. The average molecular weight is 451 g/mol. The number of benzene rings is 1. The molecule has 0 saturated heterocycles. The zero-order valence-corrected chi connectivity index (χ0v) is 17.5. The summed E-state index contributed by atoms with van der Waals surface area (Å²) in [6, 6.07) is 2.51. The van der Waals surface area contributed by atoms with Gasteiger partial charge in [0.25, 0.3) is 0 Å². The average Bonchev–Trinajstić information content (AvgIpc) is 2.97. The Morgan fingerprint density at radius 1 is 1.31 bits per heavy atom. The fraction of sp³-hybridized carbons (Fsp3) is 0.412. The van der Waals surface area contributed by atoms with Gasteiger partial charge in [0.05, 0.1) is 21.0 Å². The number of carbonyl (C=O) groups is 1. The SMILES string of the molecule is COCCCNC(=O)Nc1nc(C)c(-c2ccc(S(C)(=O)=O)c(C(F)(F)F)c2)s1. The van der Waals surface area contributed by atoms with Gasteiger partial charge in [0, 0.05) is 26.5 Å². The van der Waals surface area contributed by atoms with E-state index in [1.54, 1.807) is 14.0 Å². The van der Waals surface area contributed by atoms with Gasteiger partial charge in [0.2, 0.25) is 0 Å². The van der Waals surface area contributed by atoms with Crippen molar-refractivity contribution in [2.45, 2.75) is 24.4 Å². The maximum atomic E-state index is 13.4. The molecule has 0 radical (unpaired) electrons. The molecule has 0 aliphatic rings. The van der Waals surface area contributed by atoms with Crippen molar-refractivity contribution < 1.29 is 31.1 Å². The summed E-state index contributed by atoms with van der Waals surface area (Å²) in [7, 11) is -2.51. The predicted octanol–water partition coefficient (Wildman–Crippen LogP) is 3.70. The number of anilines is 1. The molecule has 2 rings (SSSR count). The number of hydrogen-bond acceptors (Lipinski definition) is 6. The van der Waals surface area contributed by atoms with Crippen LogP contribution in [0, 0.1) is 6.92 Å². The molecule has 160 valence electrons. The number of aromatic nitrogens is 1. The van der Waals surface area contributed by atoms with Crippen LogP contribution in [0.25, 0.3) is 10.4 Å². The Kier molecular flexibility index (Phi) is 7.25. The van der Waals surface area contributed by atoms with E-state index in [9.17, 15) is 26.4 Å². The van der Waals surface area contributed by atoms with Crippen molar-refractivity contribution in [1.29, 1.82) is 0 Å². The molecule has 0 spiro atoms. The van der Waals surface area contributed by atoms with E-state index >= 15 is 0 Å². The van der Waals surface area contributed by atoms with Crippen LogP contribution >= 0.6 is 11.3 Å². The van der Waals surface area contributed by atoms with Crippen LogP contribution in [0.2, 0.25) is 0 Å². The highest BCUT2D eigenvalue weighted by Gasteiger charge is 2.36. The molecule has 0 aliphatic carbocycles. The van der Waals surface area contributed by atoms with Gasteiger partial charge in [0.1, 0.15) is 0 Å². The molecular weight excluding hydrogens is 431 g/mol. The number of amides is 2. The van der Waals surface area contributed by atoms with E-state index in [-0.39, 0.29) is 10.7 Å². The number of ether oxygens (including phenoxy) is 1. The van der Waals surface area contributed by atoms with Crippen molar-refractivity contribution in [3.8, 4) is 10.4 Å². The first-order chi connectivity index (χ1) is 13.4. The molecule has 0 saturated carbocycles. The topological polar surface area (TPSA) is 97.4 Å². The highest BCUT2D eigenvalue weighted by Crippen LogP contribution is 2.39. The first-order valence-corrected chi connectivity index (χ1v) is 11.1. The molecule has 2 amide bonds. The number of urea groups is 1. The van der Waals surface area contributed by atoms with Gasteiger partial charge in [-0.15, -0.1) is 0 Å². The van der Waals surface area contributed by atoms with Crippen LogP contribution in [0.5, 0.6) is 0 Å². The molecule has 2 N–H and O–H groups in total. The van der Waals surface area contributed by atoms with E-state index in [1.165, 1.54) is 6.07 Å². The van der Waals surface area contributed by atoms with Crippen molar-refractivity contribution in [3.05, 3.63) is 29.5 Å². The first kappa shape index (κ1) is 23.1. The summed E-state index contributed by atoms with van der Waals surface area (Å²) in [6.07, 6.45) is -3.49. The Bertz CT molecular complexity index is 988. The number of methoxy groups -OCH3 is 1. The van der Waals surface area contributed by atoms with Gasteiger partial charge in [-0.25, -0.2) is 18.2 Å². The number of alkyl halides is 3. The van der Waals surface area contributed by atoms with E-state index in [0.717, 1.165) is 29.7 Å². The lowest BCUT2D eigenvalue weighted by Gasteiger charge is -2.13. The van der Waals surface area contributed by atoms with Crippen molar-refractivity contribution >= 4 is 32.3 Å². The highest BCUT2D eigenvalue weighted by molar-refractivity contribution is 7.90. The summed E-state index contributed by atoms with van der Waals surface area (Å²) in [4.78, 5) is 15.6. The predicted molar refractivity (Wildman–Crippen MR) is 104 cm³/mol. The molecule has 1 aromatic carbocycles. The van der Waals surface area contributed by atoms with Gasteiger partial charge in [-0.3, -0.25) is 5.32 Å². The Hall–Kier alpha value is -2.18. The Balaban J connectivity index is 2.28. The number of aryl methyl sites for hydroxylation is 1. The molecular formula is C17H20F3N3O4S2. The maximum Gasteiger partial charge on any atom is 0.417 e. The largest absolute Gasteiger partial charge is 0.417 e. The normalized spacial score (nSPS) is 12.1. The third-order valence-corrected chi connectivity index (χ3v) is 6.05. The first-order valence-electron chi connectivity index (χ1n) is 8.36. The molecule has 12 heteroatoms. The minimum Gasteiger partial charge on any atom is -0.385 e. The van der Waals surface area contributed by atoms with Crippen molar-refractivity contribution in [1.82, 2.24) is 10.3 Å².